The first-order valence-corrected chi connectivity index (χ1v) is 8.95. The summed E-state index contributed by atoms with van der Waals surface area (Å²) in [5.41, 5.74) is 0. The van der Waals surface area contributed by atoms with Crippen molar-refractivity contribution in [2.45, 2.75) is 31.9 Å². The average molecular weight is 476 g/mol. The fourth-order valence-electron chi connectivity index (χ4n) is 2.89. The molecule has 1 aromatic carbocycles. The molecule has 1 aliphatic carbocycles. The number of aliphatic imine (C=N–C) groups is 1. The molecule has 1 saturated carbocycles. The Labute approximate surface area is 174 Å². The zero-order valence-corrected chi connectivity index (χ0v) is 18.8. The summed E-state index contributed by atoms with van der Waals surface area (Å²) in [6.07, 6.45) is 2.66. The summed E-state index contributed by atoms with van der Waals surface area (Å²) in [7, 11) is 7.73. The van der Waals surface area contributed by atoms with Gasteiger partial charge in [-0.1, -0.05) is 12.1 Å². The highest BCUT2D eigenvalue weighted by Crippen LogP contribution is 2.34. The highest BCUT2D eigenvalue weighted by atomic mass is 127. The average Bonchev–Trinajstić information content (AvgIpc) is 3.43. The van der Waals surface area contributed by atoms with Crippen LogP contribution < -0.4 is 20.1 Å². The number of benzene rings is 1. The quantitative estimate of drug-likeness (QED) is 0.326. The number of para-hydroxylation sites is 2. The van der Waals surface area contributed by atoms with Crippen molar-refractivity contribution in [1.82, 2.24) is 15.5 Å². The number of guanidine groups is 1. The van der Waals surface area contributed by atoms with E-state index in [-0.39, 0.29) is 30.1 Å². The number of nitrogens with zero attached hydrogens (tertiary/aromatic N) is 2. The number of hydrogen-bond acceptors (Lipinski definition) is 4. The summed E-state index contributed by atoms with van der Waals surface area (Å²) < 4.78 is 11.3. The van der Waals surface area contributed by atoms with Gasteiger partial charge in [-0.25, -0.2) is 0 Å². The second-order valence-electron chi connectivity index (χ2n) is 6.78. The summed E-state index contributed by atoms with van der Waals surface area (Å²) in [6.45, 7) is 3.59. The lowest BCUT2D eigenvalue weighted by Gasteiger charge is -2.26. The Morgan fingerprint density at radius 2 is 1.81 bits per heavy atom. The molecular formula is C19H33IN4O2. The van der Waals surface area contributed by atoms with E-state index in [0.717, 1.165) is 29.9 Å². The van der Waals surface area contributed by atoms with Crippen molar-refractivity contribution in [2.24, 2.45) is 10.9 Å². The van der Waals surface area contributed by atoms with Crippen LogP contribution >= 0.6 is 24.0 Å². The molecule has 0 amide bonds. The summed E-state index contributed by atoms with van der Waals surface area (Å²) in [5, 5.41) is 6.77. The smallest absolute Gasteiger partial charge is 0.191 e. The van der Waals surface area contributed by atoms with Gasteiger partial charge in [0.05, 0.1) is 13.7 Å². The number of methoxy groups -OCH3 is 1. The van der Waals surface area contributed by atoms with Crippen molar-refractivity contribution in [3.63, 3.8) is 0 Å². The minimum atomic E-state index is -0.0112. The lowest BCUT2D eigenvalue weighted by atomic mass is 10.1. The Hall–Kier alpha value is -1.22. The summed E-state index contributed by atoms with van der Waals surface area (Å²) in [4.78, 5) is 6.60. The Bertz CT molecular complexity index is 562. The molecule has 26 heavy (non-hydrogen) atoms. The van der Waals surface area contributed by atoms with Gasteiger partial charge in [0.15, 0.2) is 17.5 Å². The summed E-state index contributed by atoms with van der Waals surface area (Å²) in [6, 6.07) is 8.24. The largest absolute Gasteiger partial charge is 0.493 e. The molecule has 0 spiro atoms. The first kappa shape index (κ1) is 22.8. The van der Waals surface area contributed by atoms with Crippen LogP contribution in [0.3, 0.4) is 0 Å². The van der Waals surface area contributed by atoms with Gasteiger partial charge in [0.2, 0.25) is 0 Å². The van der Waals surface area contributed by atoms with Gasteiger partial charge in [-0.3, -0.25) is 4.99 Å². The van der Waals surface area contributed by atoms with Crippen molar-refractivity contribution in [1.29, 1.82) is 0 Å². The summed E-state index contributed by atoms with van der Waals surface area (Å²) >= 11 is 0. The zero-order chi connectivity index (χ0) is 18.2. The molecule has 0 aliphatic heterocycles. The zero-order valence-electron chi connectivity index (χ0n) is 16.5. The third-order valence-corrected chi connectivity index (χ3v) is 4.49. The fourth-order valence-corrected chi connectivity index (χ4v) is 2.89. The molecule has 2 unspecified atom stereocenters. The van der Waals surface area contributed by atoms with Crippen LogP contribution in [0.5, 0.6) is 11.5 Å². The van der Waals surface area contributed by atoms with Gasteiger partial charge in [-0.15, -0.1) is 24.0 Å². The van der Waals surface area contributed by atoms with E-state index in [0.29, 0.717) is 12.6 Å². The summed E-state index contributed by atoms with van der Waals surface area (Å²) in [5.74, 6) is 3.12. The van der Waals surface area contributed by atoms with Crippen LogP contribution in [0.1, 0.15) is 19.8 Å². The molecule has 0 saturated heterocycles. The topological polar surface area (TPSA) is 58.1 Å². The van der Waals surface area contributed by atoms with Crippen LogP contribution in [-0.4, -0.2) is 64.3 Å². The lowest BCUT2D eigenvalue weighted by molar-refractivity contribution is 0.213. The van der Waals surface area contributed by atoms with E-state index in [1.807, 2.05) is 31.2 Å². The normalized spacial score (nSPS) is 16.5. The number of rotatable bonds is 9. The van der Waals surface area contributed by atoms with E-state index >= 15 is 0 Å². The molecule has 2 atom stereocenters. The molecule has 0 heterocycles. The highest BCUT2D eigenvalue weighted by Gasteiger charge is 2.32. The van der Waals surface area contributed by atoms with Crippen molar-refractivity contribution in [2.75, 3.05) is 41.3 Å². The molecule has 6 nitrogen and oxygen atoms in total. The predicted octanol–water partition coefficient (Wildman–Crippen LogP) is 2.59. The minimum Gasteiger partial charge on any atom is -0.493 e. The van der Waals surface area contributed by atoms with E-state index < -0.39 is 0 Å². The molecule has 1 aliphatic rings. The van der Waals surface area contributed by atoms with E-state index in [1.54, 1.807) is 14.2 Å². The van der Waals surface area contributed by atoms with Crippen LogP contribution in [0.4, 0.5) is 0 Å². The Balaban J connectivity index is 0.00000338. The lowest BCUT2D eigenvalue weighted by Crippen LogP contribution is -2.47. The number of ether oxygens (including phenoxy) is 2. The molecule has 7 heteroatoms. The molecule has 2 N–H and O–H groups in total. The Kier molecular flexibility index (Phi) is 10.1. The molecule has 0 radical (unpaired) electrons. The van der Waals surface area contributed by atoms with Crippen molar-refractivity contribution < 1.29 is 9.47 Å². The maximum atomic E-state index is 5.96. The number of halogens is 1. The maximum absolute atomic E-state index is 5.96. The third-order valence-electron chi connectivity index (χ3n) is 4.49. The standard InChI is InChI=1S/C19H32N4O2.HI/c1-14(25-18-9-7-6-8-17(18)24-5)12-21-19(20-2)22-13-16(23(3)4)15-10-11-15;/h6-9,14-16H,10-13H2,1-5H3,(H2,20,21,22);1H. The second-order valence-corrected chi connectivity index (χ2v) is 6.78. The van der Waals surface area contributed by atoms with Gasteiger partial charge in [0.25, 0.3) is 0 Å². The minimum absolute atomic E-state index is 0. The second kappa shape index (κ2) is 11.5. The molecule has 1 fully saturated rings. The fraction of sp³-hybridized carbons (Fsp3) is 0.632. The van der Waals surface area contributed by atoms with Gasteiger partial charge in [-0.2, -0.15) is 0 Å². The van der Waals surface area contributed by atoms with E-state index in [1.165, 1.54) is 12.8 Å². The molecule has 0 bridgehead atoms. The van der Waals surface area contributed by atoms with E-state index in [2.05, 4.69) is 34.6 Å². The monoisotopic (exact) mass is 476 g/mol. The Morgan fingerprint density at radius 3 is 2.35 bits per heavy atom. The predicted molar refractivity (Wildman–Crippen MR) is 118 cm³/mol. The van der Waals surface area contributed by atoms with E-state index in [9.17, 15) is 0 Å². The number of hydrogen-bond donors (Lipinski definition) is 2. The van der Waals surface area contributed by atoms with E-state index in [4.69, 9.17) is 9.47 Å². The van der Waals surface area contributed by atoms with Gasteiger partial charge < -0.3 is 25.0 Å². The maximum Gasteiger partial charge on any atom is 0.191 e. The number of nitrogens with one attached hydrogen (secondary N) is 2. The van der Waals surface area contributed by atoms with Crippen LogP contribution in [-0.2, 0) is 0 Å². The third kappa shape index (κ3) is 7.19. The number of likely N-dealkylation sites (N-methyl/N-ethyl adjacent to an activating group) is 1. The van der Waals surface area contributed by atoms with Gasteiger partial charge in [-0.05, 0) is 51.9 Å². The van der Waals surface area contributed by atoms with Crippen molar-refractivity contribution >= 4 is 29.9 Å². The van der Waals surface area contributed by atoms with Gasteiger partial charge >= 0.3 is 0 Å². The molecule has 0 aromatic heterocycles. The van der Waals surface area contributed by atoms with Gasteiger partial charge in [0.1, 0.15) is 6.10 Å². The molecule has 148 valence electrons. The molecule has 1 aromatic rings. The van der Waals surface area contributed by atoms with Crippen molar-refractivity contribution in [3.05, 3.63) is 24.3 Å². The van der Waals surface area contributed by atoms with Crippen molar-refractivity contribution in [3.8, 4) is 11.5 Å². The van der Waals surface area contributed by atoms with Crippen LogP contribution in [0.2, 0.25) is 0 Å². The highest BCUT2D eigenvalue weighted by molar-refractivity contribution is 14.0. The SMILES string of the molecule is CN=C(NCC(C)Oc1ccccc1OC)NCC(C1CC1)N(C)C.I. The van der Waals surface area contributed by atoms with Crippen LogP contribution in [0, 0.1) is 5.92 Å². The molecule has 2 rings (SSSR count). The van der Waals surface area contributed by atoms with Crippen LogP contribution in [0.15, 0.2) is 29.3 Å². The van der Waals surface area contributed by atoms with Crippen LogP contribution in [0.25, 0.3) is 0 Å². The van der Waals surface area contributed by atoms with Gasteiger partial charge in [0, 0.05) is 19.6 Å². The molecular weight excluding hydrogens is 443 g/mol. The first-order chi connectivity index (χ1) is 12.0. The Morgan fingerprint density at radius 1 is 1.19 bits per heavy atom. The first-order valence-electron chi connectivity index (χ1n) is 8.95.